The summed E-state index contributed by atoms with van der Waals surface area (Å²) in [6.45, 7) is 0. The number of carbonyl (C=O) groups excluding carboxylic acids is 2. The Balaban J connectivity index is 0.906. The average molecular weight is 1030 g/mol. The van der Waals surface area contributed by atoms with Crippen molar-refractivity contribution in [2.24, 2.45) is 0 Å². The molecule has 9 aliphatic rings. The van der Waals surface area contributed by atoms with Crippen LogP contribution in [0.3, 0.4) is 0 Å². The highest BCUT2D eigenvalue weighted by Crippen LogP contribution is 2.87. The molecule has 2 heteroatoms. The van der Waals surface area contributed by atoms with E-state index in [2.05, 4.69) is 24.3 Å². The molecule has 2 atom stereocenters. The molecular weight excluding hydrogens is 1020 g/mol. The van der Waals surface area contributed by atoms with Gasteiger partial charge in [-0.25, -0.2) is 0 Å². The number of hydrogen-bond donors (Lipinski definition) is 0. The maximum absolute atomic E-state index is 14.8. The number of fused-ring (bicyclic) bond motifs is 2. The fourth-order valence-electron chi connectivity index (χ4n) is 29.4. The summed E-state index contributed by atoms with van der Waals surface area (Å²) in [5.41, 5.74) is 14.3. The number of hydrogen-bond acceptors (Lipinski definition) is 2. The lowest BCUT2D eigenvalue weighted by Gasteiger charge is -2.60. The third-order valence-corrected chi connectivity index (χ3v) is 30.1. The van der Waals surface area contributed by atoms with Crippen LogP contribution in [0.15, 0.2) is 59.7 Å². The molecule has 39 rings (SSSR count). The predicted molar refractivity (Wildman–Crippen MR) is 345 cm³/mol. The van der Waals surface area contributed by atoms with Crippen molar-refractivity contribution in [1.29, 1.82) is 0 Å². The molecule has 2 nitrogen and oxygen atoms in total. The van der Waals surface area contributed by atoms with Gasteiger partial charge in [0.1, 0.15) is 0 Å². The molecular formula is C82H14O2. The third-order valence-electron chi connectivity index (χ3n) is 30.1. The highest BCUT2D eigenvalue weighted by molar-refractivity contribution is 6.82. The van der Waals surface area contributed by atoms with Crippen molar-refractivity contribution in [2.45, 2.75) is 35.5 Å². The Morgan fingerprint density at radius 3 is 0.607 bits per heavy atom. The maximum Gasteiger partial charge on any atom is 0.194 e. The van der Waals surface area contributed by atoms with Crippen LogP contribution in [0.5, 0.6) is 0 Å². The van der Waals surface area contributed by atoms with Crippen molar-refractivity contribution in [3.05, 3.63) is 115 Å². The smallest absolute Gasteiger partial charge is 0.194 e. The fraction of sp³-hybridized carbons (Fsp3) is 0.0732. The summed E-state index contributed by atoms with van der Waals surface area (Å²) in [5, 5.41) is 88.5. The van der Waals surface area contributed by atoms with Crippen LogP contribution >= 0.6 is 0 Å². The van der Waals surface area contributed by atoms with Gasteiger partial charge in [0.05, 0.1) is 0 Å². The molecule has 30 aromatic carbocycles. The second-order valence-corrected chi connectivity index (χ2v) is 30.5. The van der Waals surface area contributed by atoms with Crippen molar-refractivity contribution < 1.29 is 9.59 Å². The van der Waals surface area contributed by atoms with E-state index in [1.807, 2.05) is 24.3 Å². The SMILES string of the molecule is O=C1c2ccccc2C(=O)c2cc3c(cc21)[C@@H]1C=C[C@H]3C2=C1CC13c4c5c6c7c8c9c(c%10c%11c1c1c4c4c%12c5c5c6c6c8c8c%13c9c9c%10c%10c%11c%11c1c1c4c4c%12c%12c5c5c6c8c6c8c%13c9c9c%10c%10c%11c1c1c4c4c%12c5c6c5c8c9c%10c1c45)C73C2. The van der Waals surface area contributed by atoms with E-state index in [9.17, 15) is 9.59 Å². The van der Waals surface area contributed by atoms with Crippen molar-refractivity contribution in [3.63, 3.8) is 0 Å². The van der Waals surface area contributed by atoms with Crippen LogP contribution < -0.4 is 0 Å². The molecule has 0 amide bonds. The van der Waals surface area contributed by atoms with Crippen LogP contribution in [-0.2, 0) is 10.8 Å². The van der Waals surface area contributed by atoms with E-state index in [1.54, 1.807) is 324 Å². The Morgan fingerprint density at radius 1 is 0.238 bits per heavy atom. The van der Waals surface area contributed by atoms with Gasteiger partial charge in [-0.05, 0) is 349 Å². The molecule has 0 saturated carbocycles. The number of rotatable bonds is 0. The van der Waals surface area contributed by atoms with E-state index in [0.29, 0.717) is 22.3 Å². The summed E-state index contributed by atoms with van der Waals surface area (Å²) in [7, 11) is 0. The molecule has 0 N–H and O–H groups in total. The highest BCUT2D eigenvalue weighted by atomic mass is 16.1. The van der Waals surface area contributed by atoms with Gasteiger partial charge in [-0.15, -0.1) is 0 Å². The van der Waals surface area contributed by atoms with Crippen LogP contribution in [0.2, 0.25) is 0 Å². The Bertz CT molecular complexity index is 7920. The minimum atomic E-state index is -0.360. The molecule has 84 heavy (non-hydrogen) atoms. The van der Waals surface area contributed by atoms with Crippen LogP contribution in [-0.4, -0.2) is 11.6 Å². The molecule has 0 heterocycles. The summed E-state index contributed by atoms with van der Waals surface area (Å²) in [4.78, 5) is 29.6. The van der Waals surface area contributed by atoms with Gasteiger partial charge in [-0.2, -0.15) is 0 Å². The highest BCUT2D eigenvalue weighted by Gasteiger charge is 2.72. The minimum Gasteiger partial charge on any atom is -0.289 e. The summed E-state index contributed by atoms with van der Waals surface area (Å²) in [5.74, 6) is 0.0546. The first-order valence-electron chi connectivity index (χ1n) is 31.2. The predicted octanol–water partition coefficient (Wildman–Crippen LogP) is 20.6. The molecule has 0 unspecified atom stereocenters. The van der Waals surface area contributed by atoms with Gasteiger partial charge >= 0.3 is 0 Å². The summed E-state index contributed by atoms with van der Waals surface area (Å²) >= 11 is 0. The first kappa shape index (κ1) is 32.4. The maximum atomic E-state index is 14.8. The van der Waals surface area contributed by atoms with Crippen molar-refractivity contribution in [3.8, 4) is 0 Å². The topological polar surface area (TPSA) is 34.1 Å². The zero-order chi connectivity index (χ0) is 50.5. The quantitative estimate of drug-likeness (QED) is 0.112. The Labute approximate surface area is 460 Å². The second-order valence-electron chi connectivity index (χ2n) is 30.5. The van der Waals surface area contributed by atoms with E-state index in [-0.39, 0.29) is 34.2 Å². The van der Waals surface area contributed by atoms with E-state index < -0.39 is 0 Å². The van der Waals surface area contributed by atoms with Crippen molar-refractivity contribution in [1.82, 2.24) is 0 Å². The Morgan fingerprint density at radius 2 is 0.417 bits per heavy atom. The summed E-state index contributed by atoms with van der Waals surface area (Å²) in [6.07, 6.45) is 7.08. The average Bonchev–Trinajstić information content (AvgIpc) is 1.41. The number of ketones is 2. The van der Waals surface area contributed by atoms with Crippen LogP contribution in [0.4, 0.5) is 0 Å². The van der Waals surface area contributed by atoms with E-state index in [4.69, 9.17) is 0 Å². The monoisotopic (exact) mass is 1030 g/mol. The third kappa shape index (κ3) is 1.85. The van der Waals surface area contributed by atoms with Crippen molar-refractivity contribution >= 4 is 302 Å². The zero-order valence-electron chi connectivity index (χ0n) is 43.0. The van der Waals surface area contributed by atoms with Gasteiger partial charge in [0.2, 0.25) is 0 Å². The molecule has 0 saturated heterocycles. The van der Waals surface area contributed by atoms with Crippen LogP contribution in [0, 0.1) is 0 Å². The van der Waals surface area contributed by atoms with E-state index in [0.717, 1.165) is 12.8 Å². The molecule has 0 fully saturated rings. The first-order valence-corrected chi connectivity index (χ1v) is 31.2. The van der Waals surface area contributed by atoms with Crippen molar-refractivity contribution in [2.75, 3.05) is 0 Å². The molecule has 2 spiro atoms. The molecule has 0 aromatic heterocycles. The van der Waals surface area contributed by atoms with Gasteiger partial charge in [0.15, 0.2) is 11.6 Å². The zero-order valence-corrected chi connectivity index (χ0v) is 43.0. The first-order chi connectivity index (χ1) is 41.7. The fourth-order valence-corrected chi connectivity index (χ4v) is 29.4. The number of allylic oxidation sites excluding steroid dienone is 4. The largest absolute Gasteiger partial charge is 0.289 e. The van der Waals surface area contributed by atoms with E-state index in [1.165, 1.54) is 11.1 Å². The Hall–Kier alpha value is -10.3. The second kappa shape index (κ2) is 7.61. The molecule has 2 bridgehead atoms. The molecule has 354 valence electrons. The number of benzene rings is 20. The summed E-state index contributed by atoms with van der Waals surface area (Å²) in [6, 6.07) is 12.0. The standard InChI is InChI=1S/C82H14O2/c83-79-13-3-1-2-4-14(13)80(84)18-8-16-12-6-5-11(15(16)7-17(18)79)19-9-81-75-67-59-49-39-31-23-21-22-25-29-27(23)35-43-37(29)47-41-33(25)34-26(22)30-28-24(21)32(31)40-46-36(28)44-38(30)48-42(34)52-51(41)61-55(47)65-57(43)63(53(59)45(35)39)71(75)73(65)77-69(61)70-62(52)56(48)66-58(44)64-54(46)60(50(40)49)68(67)76(81)72(64)74(66)78(70)82(77,81)10-20(12)19/h1-8,11-12H,9-10H2/t11-,12+,81?,82?. The van der Waals surface area contributed by atoms with Gasteiger partial charge in [-0.3, -0.25) is 9.59 Å². The molecule has 0 aliphatic heterocycles. The van der Waals surface area contributed by atoms with Gasteiger partial charge < -0.3 is 0 Å². The lowest BCUT2D eigenvalue weighted by Crippen LogP contribution is -2.55. The van der Waals surface area contributed by atoms with Crippen LogP contribution in [0.25, 0.3) is 291 Å². The number of carbonyl (C=O) groups is 2. The van der Waals surface area contributed by atoms with Gasteiger partial charge in [-0.1, -0.05) is 47.6 Å². The molecule has 30 aromatic rings. The Kier molecular flexibility index (Phi) is 2.93. The summed E-state index contributed by atoms with van der Waals surface area (Å²) < 4.78 is 0. The normalized spacial score (nSPS) is 24.1. The van der Waals surface area contributed by atoms with Gasteiger partial charge in [0.25, 0.3) is 0 Å². The molecule has 0 radical (unpaired) electrons. The van der Waals surface area contributed by atoms with Gasteiger partial charge in [0, 0.05) is 44.9 Å². The van der Waals surface area contributed by atoms with E-state index >= 15 is 0 Å². The lowest BCUT2D eigenvalue weighted by molar-refractivity contribution is 0.0979. The lowest BCUT2D eigenvalue weighted by atomic mass is 9.41. The minimum absolute atomic E-state index is 0.00572. The van der Waals surface area contributed by atoms with Crippen LogP contribution in [0.1, 0.15) is 89.9 Å². The molecule has 9 aliphatic carbocycles.